The SMILES string of the molecule is CC(CN1CCCCC1)C(=O)OC1(C(C)C)CCCC1.CC(CN1CCCCC1)C(=O)OC1(C)C2CC3CC(C2)CC1C3.CC(CN1CCCCC1)C(=O)OC1C(C2COC(C)(C)O2)OC2OC(C)(C)OC21.CC(CN1CCCCC1)C(=O)OCC1COC(C)(C)O1. The van der Waals surface area contributed by atoms with E-state index in [1.54, 1.807) is 0 Å². The molecule has 0 aromatic carbocycles. The molecule has 8 saturated heterocycles. The second-order valence-corrected chi connectivity index (χ2v) is 32.2. The van der Waals surface area contributed by atoms with Crippen molar-refractivity contribution in [2.45, 2.75) is 290 Å². The second kappa shape index (κ2) is 32.9. The van der Waals surface area contributed by atoms with E-state index in [0.717, 1.165) is 96.7 Å². The van der Waals surface area contributed by atoms with Crippen molar-refractivity contribution in [1.29, 1.82) is 0 Å². The first-order valence-corrected chi connectivity index (χ1v) is 37.0. The highest BCUT2D eigenvalue weighted by Crippen LogP contribution is 2.59. The molecule has 19 heteroatoms. The van der Waals surface area contributed by atoms with E-state index in [9.17, 15) is 19.2 Å². The Bertz CT molecular complexity index is 2300. The summed E-state index contributed by atoms with van der Waals surface area (Å²) in [5.74, 6) is 0.934. The largest absolute Gasteiger partial charge is 0.463 e. The molecule has 0 spiro atoms. The predicted molar refractivity (Wildman–Crippen MR) is 351 cm³/mol. The van der Waals surface area contributed by atoms with E-state index < -0.39 is 42.0 Å². The Balaban J connectivity index is 0.000000147. The average molecular weight is 1300 g/mol. The van der Waals surface area contributed by atoms with Crippen LogP contribution in [-0.4, -0.2) is 207 Å². The first-order chi connectivity index (χ1) is 43.7. The van der Waals surface area contributed by atoms with Crippen molar-refractivity contribution in [1.82, 2.24) is 19.6 Å². The van der Waals surface area contributed by atoms with Crippen molar-refractivity contribution < 1.29 is 71.3 Å². The standard InChI is InChI=1S/C21H35NO7.C20H33NO2.C17H31NO2.C15H27NO4/c1-13(11-22-9-7-6-8-10-22)18(23)25-16-15(14-12-24-20(2,3)27-14)26-19-17(16)28-21(4,5)29-19;1-14(13-21-6-4-3-5-7-21)19(22)23-20(2)17-9-15-8-16(11-17)12-18(20)10-15;1-14(2)17(9-5-6-10-17)20-16(19)15(3)13-18-11-7-4-8-12-18;1-12(9-16-7-5-4-6-8-16)14(17)18-10-13-11-19-15(2,3)20-13/h13-17,19H,6-12H2,1-5H3;14-18H,3-13H2,1-2H3;14-15H,4-13H2,1-3H3;12-13H,4-11H2,1-3H3. The minimum absolute atomic E-state index is 0.00400. The van der Waals surface area contributed by atoms with E-state index in [0.29, 0.717) is 37.5 Å². The Morgan fingerprint density at radius 3 is 1.29 bits per heavy atom. The van der Waals surface area contributed by atoms with E-state index in [1.807, 2.05) is 62.3 Å². The van der Waals surface area contributed by atoms with Crippen LogP contribution < -0.4 is 0 Å². The molecule has 13 aliphatic rings. The molecular weight excluding hydrogens is 1170 g/mol. The van der Waals surface area contributed by atoms with Gasteiger partial charge in [0.05, 0.1) is 36.9 Å². The van der Waals surface area contributed by atoms with Gasteiger partial charge in [-0.1, -0.05) is 67.2 Å². The van der Waals surface area contributed by atoms with Crippen molar-refractivity contribution >= 4 is 23.9 Å². The Morgan fingerprint density at radius 1 is 0.446 bits per heavy atom. The molecular formula is C73H126N4O15. The summed E-state index contributed by atoms with van der Waals surface area (Å²) in [6, 6.07) is 0. The minimum Gasteiger partial charge on any atom is -0.463 e. The van der Waals surface area contributed by atoms with Crippen LogP contribution in [0.5, 0.6) is 0 Å². The summed E-state index contributed by atoms with van der Waals surface area (Å²) >= 11 is 0. The molecule has 5 saturated carbocycles. The molecule has 0 aromatic rings. The molecule has 0 aromatic heterocycles. The first-order valence-electron chi connectivity index (χ1n) is 37.0. The number of nitrogens with zero attached hydrogens (tertiary/aromatic N) is 4. The van der Waals surface area contributed by atoms with Gasteiger partial charge in [0.1, 0.15) is 36.1 Å². The molecule has 13 rings (SSSR count). The van der Waals surface area contributed by atoms with Gasteiger partial charge in [-0.15, -0.1) is 0 Å². The van der Waals surface area contributed by atoms with Crippen molar-refractivity contribution in [3.8, 4) is 0 Å². The topological polar surface area (TPSA) is 183 Å². The van der Waals surface area contributed by atoms with Crippen LogP contribution in [0.1, 0.15) is 225 Å². The Hall–Kier alpha value is -2.56. The fraction of sp³-hybridized carbons (Fsp3) is 0.945. The van der Waals surface area contributed by atoms with Gasteiger partial charge in [0.2, 0.25) is 0 Å². The zero-order valence-corrected chi connectivity index (χ0v) is 59.5. The number of hydrogen-bond donors (Lipinski definition) is 0. The summed E-state index contributed by atoms with van der Waals surface area (Å²) in [5.41, 5.74) is -0.339. The van der Waals surface area contributed by atoms with Gasteiger partial charge in [-0.25, -0.2) is 0 Å². The van der Waals surface area contributed by atoms with Gasteiger partial charge >= 0.3 is 23.9 Å². The van der Waals surface area contributed by atoms with Gasteiger partial charge < -0.3 is 71.7 Å². The lowest BCUT2D eigenvalue weighted by Gasteiger charge is -2.59. The summed E-state index contributed by atoms with van der Waals surface area (Å²) in [4.78, 5) is 59.7. The van der Waals surface area contributed by atoms with Gasteiger partial charge in [0.15, 0.2) is 35.9 Å². The monoisotopic (exact) mass is 1300 g/mol. The Kier molecular flexibility index (Phi) is 26.3. The van der Waals surface area contributed by atoms with E-state index >= 15 is 0 Å². The van der Waals surface area contributed by atoms with E-state index in [2.05, 4.69) is 47.3 Å². The smallest absolute Gasteiger partial charge is 0.310 e. The number of rotatable bonds is 19. The van der Waals surface area contributed by atoms with Crippen LogP contribution in [0.25, 0.3) is 0 Å². The van der Waals surface area contributed by atoms with Crippen LogP contribution in [0.4, 0.5) is 0 Å². The van der Waals surface area contributed by atoms with E-state index in [4.69, 9.17) is 52.1 Å². The number of hydrogen-bond acceptors (Lipinski definition) is 19. The normalized spacial score (nSPS) is 35.2. The van der Waals surface area contributed by atoms with E-state index in [-0.39, 0.29) is 77.6 Å². The summed E-state index contributed by atoms with van der Waals surface area (Å²) in [7, 11) is 0. The molecule has 528 valence electrons. The molecule has 4 bridgehead atoms. The van der Waals surface area contributed by atoms with Crippen molar-refractivity contribution in [2.75, 3.05) is 98.4 Å². The zero-order valence-electron chi connectivity index (χ0n) is 59.5. The fourth-order valence-corrected chi connectivity index (χ4v) is 17.3. The lowest BCUT2D eigenvalue weighted by atomic mass is 9.50. The first kappa shape index (κ1) is 73.7. The van der Waals surface area contributed by atoms with Crippen LogP contribution in [0.15, 0.2) is 0 Å². The molecule has 13 fully saturated rings. The van der Waals surface area contributed by atoms with Crippen molar-refractivity contribution in [3.05, 3.63) is 0 Å². The number of carbonyl (C=O) groups excluding carboxylic acids is 4. The highest BCUT2D eigenvalue weighted by molar-refractivity contribution is 5.74. The number of likely N-dealkylation sites (tertiary alicyclic amines) is 4. The molecule has 10 atom stereocenters. The minimum atomic E-state index is -0.781. The zero-order chi connectivity index (χ0) is 66.0. The summed E-state index contributed by atoms with van der Waals surface area (Å²) < 4.78 is 64.3. The summed E-state index contributed by atoms with van der Waals surface area (Å²) in [5, 5.41) is 0. The molecule has 8 heterocycles. The van der Waals surface area contributed by atoms with Gasteiger partial charge in [0.25, 0.3) is 0 Å². The number of fused-ring (bicyclic) bond motifs is 1. The number of piperidine rings is 4. The molecule has 92 heavy (non-hydrogen) atoms. The van der Waals surface area contributed by atoms with E-state index in [1.165, 1.54) is 122 Å². The summed E-state index contributed by atoms with van der Waals surface area (Å²) in [6.45, 7) is 39.0. The molecule has 0 amide bonds. The molecule has 8 aliphatic heterocycles. The fourth-order valence-electron chi connectivity index (χ4n) is 17.3. The third-order valence-electron chi connectivity index (χ3n) is 22.6. The lowest BCUT2D eigenvalue weighted by molar-refractivity contribution is -0.236. The molecule has 19 nitrogen and oxygen atoms in total. The maximum absolute atomic E-state index is 12.9. The number of carbonyl (C=O) groups is 4. The van der Waals surface area contributed by atoms with Crippen LogP contribution in [0.3, 0.4) is 0 Å². The van der Waals surface area contributed by atoms with Crippen LogP contribution in [0, 0.1) is 53.3 Å². The van der Waals surface area contributed by atoms with Crippen LogP contribution in [0.2, 0.25) is 0 Å². The summed E-state index contributed by atoms with van der Waals surface area (Å²) in [6.07, 6.45) is 23.8. The van der Waals surface area contributed by atoms with Gasteiger partial charge in [-0.3, -0.25) is 19.2 Å². The Labute approximate surface area is 554 Å². The van der Waals surface area contributed by atoms with Crippen molar-refractivity contribution in [3.63, 3.8) is 0 Å². The molecule has 0 radical (unpaired) electrons. The van der Waals surface area contributed by atoms with Crippen molar-refractivity contribution in [2.24, 2.45) is 53.3 Å². The maximum Gasteiger partial charge on any atom is 0.310 e. The van der Waals surface area contributed by atoms with Gasteiger partial charge in [0, 0.05) is 26.2 Å². The highest BCUT2D eigenvalue weighted by atomic mass is 16.9. The third kappa shape index (κ3) is 20.3. The molecule has 0 N–H and O–H groups in total. The van der Waals surface area contributed by atoms with Crippen LogP contribution in [-0.2, 0) is 71.3 Å². The molecule has 5 aliphatic carbocycles. The quantitative estimate of drug-likeness (QED) is 0.0878. The predicted octanol–water partition coefficient (Wildman–Crippen LogP) is 11.3. The number of esters is 4. The Morgan fingerprint density at radius 2 is 0.870 bits per heavy atom. The van der Waals surface area contributed by atoms with Gasteiger partial charge in [-0.2, -0.15) is 0 Å². The van der Waals surface area contributed by atoms with Gasteiger partial charge in [-0.05, 0) is 240 Å². The number of ether oxygens (including phenoxy) is 11. The highest BCUT2D eigenvalue weighted by Gasteiger charge is 2.61. The third-order valence-corrected chi connectivity index (χ3v) is 22.6. The van der Waals surface area contributed by atoms with Crippen LogP contribution >= 0.6 is 0 Å². The molecule has 10 unspecified atom stereocenters. The lowest BCUT2D eigenvalue weighted by Crippen LogP contribution is -2.58. The average Bonchev–Trinajstić information content (AvgIpc) is 1.04. The second-order valence-electron chi connectivity index (χ2n) is 32.2. The maximum atomic E-state index is 12.9.